The molecule has 2 fully saturated rings. The summed E-state index contributed by atoms with van der Waals surface area (Å²) in [5.74, 6) is 2.68. The molecule has 3 aliphatic rings. The van der Waals surface area contributed by atoms with Gasteiger partial charge in [-0.3, -0.25) is 9.78 Å². The topological polar surface area (TPSA) is 54.0 Å². The molecule has 2 aromatic carbocycles. The number of benzene rings is 2. The molecule has 156 valence electrons. The van der Waals surface area contributed by atoms with Crippen LogP contribution in [-0.2, 0) is 6.54 Å². The lowest BCUT2D eigenvalue weighted by Crippen LogP contribution is -2.35. The Morgan fingerprint density at radius 1 is 1.00 bits per heavy atom. The number of amides is 1. The smallest absolute Gasteiger partial charge is 0.251 e. The Morgan fingerprint density at radius 2 is 1.81 bits per heavy atom. The van der Waals surface area contributed by atoms with E-state index in [0.29, 0.717) is 24.4 Å². The number of hydrogen-bond donors (Lipinski definition) is 2. The molecular formula is C27H27N3O. The molecular weight excluding hydrogens is 382 g/mol. The minimum absolute atomic E-state index is 0.00972. The summed E-state index contributed by atoms with van der Waals surface area (Å²) in [6.07, 6.45) is 7.51. The van der Waals surface area contributed by atoms with E-state index in [4.69, 9.17) is 0 Å². The number of fused-ring (bicyclic) bond motifs is 7. The van der Waals surface area contributed by atoms with E-state index in [1.54, 1.807) is 12.4 Å². The highest BCUT2D eigenvalue weighted by Gasteiger charge is 2.53. The zero-order valence-corrected chi connectivity index (χ0v) is 17.5. The molecule has 2 saturated carbocycles. The third-order valence-corrected chi connectivity index (χ3v) is 7.71. The number of carbonyl (C=O) groups is 1. The highest BCUT2D eigenvalue weighted by molar-refractivity contribution is 5.95. The van der Waals surface area contributed by atoms with E-state index >= 15 is 0 Å². The van der Waals surface area contributed by atoms with E-state index in [2.05, 4.69) is 58.1 Å². The van der Waals surface area contributed by atoms with Gasteiger partial charge < -0.3 is 10.6 Å². The number of aromatic nitrogens is 1. The largest absolute Gasteiger partial charge is 0.378 e. The molecule has 0 unspecified atom stereocenters. The van der Waals surface area contributed by atoms with Gasteiger partial charge in [-0.15, -0.1) is 0 Å². The maximum atomic E-state index is 12.9. The molecule has 5 atom stereocenters. The fraction of sp³-hybridized carbons (Fsp3) is 0.333. The second-order valence-electron chi connectivity index (χ2n) is 9.31. The van der Waals surface area contributed by atoms with Crippen molar-refractivity contribution in [1.29, 1.82) is 0 Å². The first kappa shape index (κ1) is 18.6. The Hall–Kier alpha value is -3.14. The maximum Gasteiger partial charge on any atom is 0.251 e. The molecule has 1 aliphatic heterocycles. The zero-order chi connectivity index (χ0) is 20.8. The summed E-state index contributed by atoms with van der Waals surface area (Å²) in [6.45, 7) is 0.517. The number of pyridine rings is 1. The van der Waals surface area contributed by atoms with Crippen LogP contribution < -0.4 is 10.6 Å². The fourth-order valence-corrected chi connectivity index (χ4v) is 6.40. The summed E-state index contributed by atoms with van der Waals surface area (Å²) >= 11 is 0. The van der Waals surface area contributed by atoms with Gasteiger partial charge in [-0.05, 0) is 90.0 Å². The third-order valence-electron chi connectivity index (χ3n) is 7.71. The van der Waals surface area contributed by atoms with Crippen molar-refractivity contribution in [3.05, 3.63) is 95.3 Å². The molecule has 0 saturated heterocycles. The molecule has 2 aliphatic carbocycles. The third kappa shape index (κ3) is 3.21. The number of carbonyl (C=O) groups excluding carboxylic acids is 1. The van der Waals surface area contributed by atoms with Crippen LogP contribution in [0.5, 0.6) is 0 Å². The minimum atomic E-state index is -0.00972. The molecule has 2 heterocycles. The average Bonchev–Trinajstić information content (AvgIpc) is 3.46. The van der Waals surface area contributed by atoms with Crippen LogP contribution in [0.4, 0.5) is 5.69 Å². The van der Waals surface area contributed by atoms with Crippen molar-refractivity contribution in [1.82, 2.24) is 10.3 Å². The van der Waals surface area contributed by atoms with Gasteiger partial charge >= 0.3 is 0 Å². The van der Waals surface area contributed by atoms with Gasteiger partial charge in [0.1, 0.15) is 0 Å². The van der Waals surface area contributed by atoms with Gasteiger partial charge in [0.25, 0.3) is 5.91 Å². The van der Waals surface area contributed by atoms with Crippen molar-refractivity contribution in [3.63, 3.8) is 0 Å². The van der Waals surface area contributed by atoms with E-state index in [1.807, 2.05) is 18.2 Å². The predicted octanol–water partition coefficient (Wildman–Crippen LogP) is 5.31. The number of rotatable bonds is 4. The summed E-state index contributed by atoms with van der Waals surface area (Å²) in [5, 5.41) is 6.92. The first-order valence-corrected chi connectivity index (χ1v) is 11.4. The lowest BCUT2D eigenvalue weighted by molar-refractivity contribution is 0.0950. The van der Waals surface area contributed by atoms with Crippen molar-refractivity contribution >= 4 is 11.6 Å². The fourth-order valence-electron chi connectivity index (χ4n) is 6.40. The van der Waals surface area contributed by atoms with Crippen LogP contribution >= 0.6 is 0 Å². The van der Waals surface area contributed by atoms with E-state index in [9.17, 15) is 4.79 Å². The van der Waals surface area contributed by atoms with Gasteiger partial charge in [0, 0.05) is 30.2 Å². The molecule has 1 aromatic heterocycles. The Balaban J connectivity index is 1.30. The second kappa shape index (κ2) is 7.52. The number of hydrogen-bond acceptors (Lipinski definition) is 3. The maximum absolute atomic E-state index is 12.9. The molecule has 6 rings (SSSR count). The van der Waals surface area contributed by atoms with Gasteiger partial charge in [-0.25, -0.2) is 0 Å². The van der Waals surface area contributed by atoms with E-state index in [0.717, 1.165) is 23.0 Å². The van der Waals surface area contributed by atoms with Crippen molar-refractivity contribution in [2.75, 3.05) is 5.32 Å². The van der Waals surface area contributed by atoms with Crippen LogP contribution in [0, 0.1) is 17.8 Å². The summed E-state index contributed by atoms with van der Waals surface area (Å²) in [5.41, 5.74) is 5.75. The molecule has 2 bridgehead atoms. The van der Waals surface area contributed by atoms with E-state index in [1.165, 1.54) is 36.1 Å². The van der Waals surface area contributed by atoms with Crippen LogP contribution in [0.3, 0.4) is 0 Å². The second-order valence-corrected chi connectivity index (χ2v) is 9.31. The van der Waals surface area contributed by atoms with Crippen LogP contribution in [-0.4, -0.2) is 10.9 Å². The molecule has 0 spiro atoms. The van der Waals surface area contributed by atoms with Crippen LogP contribution in [0.1, 0.15) is 58.3 Å². The summed E-state index contributed by atoms with van der Waals surface area (Å²) in [6, 6.07) is 21.4. The Kier molecular flexibility index (Phi) is 4.52. The quantitative estimate of drug-likeness (QED) is 0.614. The van der Waals surface area contributed by atoms with Crippen molar-refractivity contribution in [2.24, 2.45) is 17.8 Å². The molecule has 31 heavy (non-hydrogen) atoms. The van der Waals surface area contributed by atoms with Crippen molar-refractivity contribution in [2.45, 2.75) is 37.8 Å². The SMILES string of the molecule is O=C(NCc1ccncc1)c1ccc2c(c1)[C@H]1[C@@H]3CC[C@H](C3)[C@@H]1[C@H](c1ccccc1)N2. The van der Waals surface area contributed by atoms with Crippen LogP contribution in [0.15, 0.2) is 73.1 Å². The molecule has 4 nitrogen and oxygen atoms in total. The normalized spacial score (nSPS) is 27.8. The standard InChI is InChI=1S/C27H27N3O/c31-27(29-16-17-10-12-28-13-11-17)21-8-9-23-22(15-21)24-19-6-7-20(14-19)25(24)26(30-23)18-4-2-1-3-5-18/h1-5,8-13,15,19-20,24-26,30H,6-7,14,16H2,(H,29,31)/t19-,20-,24-,25+,26+/m1/s1. The first-order chi connectivity index (χ1) is 15.3. The van der Waals surface area contributed by atoms with Crippen molar-refractivity contribution < 1.29 is 4.79 Å². The molecule has 0 radical (unpaired) electrons. The summed E-state index contributed by atoms with van der Waals surface area (Å²) in [7, 11) is 0. The number of anilines is 1. The van der Waals surface area contributed by atoms with Gasteiger partial charge in [-0.1, -0.05) is 30.3 Å². The number of nitrogens with one attached hydrogen (secondary N) is 2. The molecule has 1 amide bonds. The van der Waals surface area contributed by atoms with Gasteiger partial charge in [0.2, 0.25) is 0 Å². The van der Waals surface area contributed by atoms with Gasteiger partial charge in [0.15, 0.2) is 0 Å². The zero-order valence-electron chi connectivity index (χ0n) is 17.5. The molecule has 2 N–H and O–H groups in total. The van der Waals surface area contributed by atoms with Gasteiger partial charge in [-0.2, -0.15) is 0 Å². The predicted molar refractivity (Wildman–Crippen MR) is 122 cm³/mol. The summed E-state index contributed by atoms with van der Waals surface area (Å²) in [4.78, 5) is 16.9. The Morgan fingerprint density at radius 3 is 2.65 bits per heavy atom. The monoisotopic (exact) mass is 409 g/mol. The van der Waals surface area contributed by atoms with E-state index < -0.39 is 0 Å². The highest BCUT2D eigenvalue weighted by Crippen LogP contribution is 2.63. The van der Waals surface area contributed by atoms with Crippen LogP contribution in [0.25, 0.3) is 0 Å². The van der Waals surface area contributed by atoms with Crippen molar-refractivity contribution in [3.8, 4) is 0 Å². The van der Waals surface area contributed by atoms with E-state index in [-0.39, 0.29) is 5.91 Å². The number of nitrogens with zero attached hydrogens (tertiary/aromatic N) is 1. The Labute approximate surface area is 183 Å². The lowest BCUT2D eigenvalue weighted by atomic mass is 9.68. The Bertz CT molecular complexity index is 1100. The molecule has 4 heteroatoms. The highest BCUT2D eigenvalue weighted by atomic mass is 16.1. The first-order valence-electron chi connectivity index (χ1n) is 11.4. The average molecular weight is 410 g/mol. The van der Waals surface area contributed by atoms with Gasteiger partial charge in [0.05, 0.1) is 6.04 Å². The minimum Gasteiger partial charge on any atom is -0.378 e. The summed E-state index contributed by atoms with van der Waals surface area (Å²) < 4.78 is 0. The lowest BCUT2D eigenvalue weighted by Gasteiger charge is -2.43. The molecule has 3 aromatic rings. The van der Waals surface area contributed by atoms with Crippen LogP contribution in [0.2, 0.25) is 0 Å².